The molecule has 5 N–H and O–H groups in total. The molecule has 0 aliphatic carbocycles. The number of anilines is 2. The number of nitrogens with zero attached hydrogens (tertiary/aromatic N) is 5. The molecule has 0 amide bonds. The molecular weight excluding hydrogens is 416 g/mol. The van der Waals surface area contributed by atoms with Crippen LogP contribution in [0.2, 0.25) is 5.02 Å². The summed E-state index contributed by atoms with van der Waals surface area (Å²) in [7, 11) is 0. The van der Waals surface area contributed by atoms with Crippen molar-refractivity contribution in [1.29, 1.82) is 5.26 Å². The lowest BCUT2D eigenvalue weighted by Crippen LogP contribution is -2.31. The summed E-state index contributed by atoms with van der Waals surface area (Å²) in [6.07, 6.45) is 2.53. The highest BCUT2D eigenvalue weighted by Gasteiger charge is 2.24. The SMILES string of the molecule is CC(C)C[C@H](Nc1ncnc(N)c1C#N)c1nc2cccc(Cl)c2c(=O)n1CCCN. The maximum Gasteiger partial charge on any atom is 0.262 e. The number of nitriles is 1. The Bertz CT molecular complexity index is 1180. The first-order valence-corrected chi connectivity index (χ1v) is 10.4. The zero-order valence-corrected chi connectivity index (χ0v) is 18.2. The normalized spacial score (nSPS) is 12.1. The molecule has 2 aromatic heterocycles. The molecule has 2 heterocycles. The summed E-state index contributed by atoms with van der Waals surface area (Å²) in [5.74, 6) is 1.17. The fourth-order valence-electron chi connectivity index (χ4n) is 3.46. The predicted molar refractivity (Wildman–Crippen MR) is 122 cm³/mol. The van der Waals surface area contributed by atoms with E-state index in [1.807, 2.05) is 6.07 Å². The molecule has 3 aromatic rings. The van der Waals surface area contributed by atoms with E-state index in [4.69, 9.17) is 28.1 Å². The first-order chi connectivity index (χ1) is 14.9. The van der Waals surface area contributed by atoms with Crippen LogP contribution in [-0.2, 0) is 6.54 Å². The minimum atomic E-state index is -0.407. The molecule has 0 bridgehead atoms. The van der Waals surface area contributed by atoms with Crippen molar-refractivity contribution in [2.24, 2.45) is 11.7 Å². The molecule has 0 aliphatic rings. The van der Waals surface area contributed by atoms with Gasteiger partial charge in [0.25, 0.3) is 5.56 Å². The summed E-state index contributed by atoms with van der Waals surface area (Å²) in [6.45, 7) is 4.95. The molecule has 31 heavy (non-hydrogen) atoms. The van der Waals surface area contributed by atoms with Crippen LogP contribution in [0.3, 0.4) is 0 Å². The average molecular weight is 441 g/mol. The molecule has 3 rings (SSSR count). The number of nitrogens with one attached hydrogen (secondary N) is 1. The Labute approximate surface area is 185 Å². The molecule has 0 radical (unpaired) electrons. The highest BCUT2D eigenvalue weighted by Crippen LogP contribution is 2.28. The van der Waals surface area contributed by atoms with Crippen LogP contribution >= 0.6 is 11.6 Å². The van der Waals surface area contributed by atoms with Gasteiger partial charge in [-0.15, -0.1) is 0 Å². The minimum Gasteiger partial charge on any atom is -0.382 e. The summed E-state index contributed by atoms with van der Waals surface area (Å²) >= 11 is 6.31. The van der Waals surface area contributed by atoms with E-state index in [-0.39, 0.29) is 22.9 Å². The first kappa shape index (κ1) is 22.5. The van der Waals surface area contributed by atoms with Crippen molar-refractivity contribution in [3.8, 4) is 6.07 Å². The zero-order valence-electron chi connectivity index (χ0n) is 17.5. The fourth-order valence-corrected chi connectivity index (χ4v) is 3.71. The standard InChI is InChI=1S/C21H25ClN8O/c1-12(2)9-16(28-19-13(10-24)18(25)26-11-27-19)20-29-15-6-3-5-14(22)17(15)21(31)30(20)8-4-7-23/h3,5-6,11-12,16H,4,7-9,23H2,1-2H3,(H3,25,26,27,28)/t16-/m0/s1. The highest BCUT2D eigenvalue weighted by atomic mass is 35.5. The largest absolute Gasteiger partial charge is 0.382 e. The number of aromatic nitrogens is 4. The molecule has 0 fully saturated rings. The molecule has 10 heteroatoms. The third-order valence-electron chi connectivity index (χ3n) is 4.87. The molecule has 0 saturated heterocycles. The van der Waals surface area contributed by atoms with Gasteiger partial charge in [-0.2, -0.15) is 5.26 Å². The van der Waals surface area contributed by atoms with Gasteiger partial charge in [-0.1, -0.05) is 31.5 Å². The van der Waals surface area contributed by atoms with E-state index in [0.717, 1.165) is 0 Å². The average Bonchev–Trinajstić information content (AvgIpc) is 2.72. The number of halogens is 1. The smallest absolute Gasteiger partial charge is 0.262 e. The third kappa shape index (κ3) is 4.76. The molecule has 0 unspecified atom stereocenters. The number of hydrogen-bond acceptors (Lipinski definition) is 8. The van der Waals surface area contributed by atoms with Crippen molar-refractivity contribution in [2.45, 2.75) is 39.3 Å². The lowest BCUT2D eigenvalue weighted by molar-refractivity contribution is 0.480. The Morgan fingerprint density at radius 2 is 2.10 bits per heavy atom. The first-order valence-electron chi connectivity index (χ1n) is 10.0. The molecule has 0 aliphatic heterocycles. The van der Waals surface area contributed by atoms with Crippen LogP contribution in [-0.4, -0.2) is 26.1 Å². The second kappa shape index (κ2) is 9.73. The van der Waals surface area contributed by atoms with Gasteiger partial charge in [-0.3, -0.25) is 9.36 Å². The van der Waals surface area contributed by atoms with E-state index in [9.17, 15) is 10.1 Å². The van der Waals surface area contributed by atoms with Crippen molar-refractivity contribution in [1.82, 2.24) is 19.5 Å². The van der Waals surface area contributed by atoms with Crippen molar-refractivity contribution in [2.75, 3.05) is 17.6 Å². The van der Waals surface area contributed by atoms with E-state index in [1.165, 1.54) is 6.33 Å². The van der Waals surface area contributed by atoms with Crippen LogP contribution in [0.5, 0.6) is 0 Å². The predicted octanol–water partition coefficient (Wildman–Crippen LogP) is 2.84. The molecule has 1 aromatic carbocycles. The summed E-state index contributed by atoms with van der Waals surface area (Å²) in [5, 5.41) is 13.5. The van der Waals surface area contributed by atoms with E-state index in [1.54, 1.807) is 22.8 Å². The molecule has 0 saturated carbocycles. The Balaban J connectivity index is 2.21. The number of fused-ring (bicyclic) bond motifs is 1. The zero-order chi connectivity index (χ0) is 22.5. The van der Waals surface area contributed by atoms with Crippen LogP contribution in [0, 0.1) is 17.2 Å². The second-order valence-corrected chi connectivity index (χ2v) is 8.03. The lowest BCUT2D eigenvalue weighted by Gasteiger charge is -2.25. The number of nitrogens with two attached hydrogens (primary N) is 2. The van der Waals surface area contributed by atoms with Crippen molar-refractivity contribution in [3.05, 3.63) is 51.3 Å². The van der Waals surface area contributed by atoms with Gasteiger partial charge in [0.2, 0.25) is 0 Å². The van der Waals surface area contributed by atoms with E-state index < -0.39 is 6.04 Å². The summed E-state index contributed by atoms with van der Waals surface area (Å²) in [5.41, 5.74) is 12.0. The summed E-state index contributed by atoms with van der Waals surface area (Å²) in [6, 6.07) is 6.82. The molecule has 0 spiro atoms. The number of hydrogen-bond donors (Lipinski definition) is 3. The van der Waals surface area contributed by atoms with Crippen molar-refractivity contribution < 1.29 is 0 Å². The van der Waals surface area contributed by atoms with Gasteiger partial charge in [0, 0.05) is 6.54 Å². The fraction of sp³-hybridized carbons (Fsp3) is 0.381. The van der Waals surface area contributed by atoms with E-state index in [2.05, 4.69) is 29.1 Å². The van der Waals surface area contributed by atoms with Crippen LogP contribution in [0.1, 0.15) is 44.1 Å². The maximum atomic E-state index is 13.4. The Morgan fingerprint density at radius 1 is 1.32 bits per heavy atom. The molecule has 1 atom stereocenters. The molecule has 9 nitrogen and oxygen atoms in total. The Hall–Kier alpha value is -3.22. The number of benzene rings is 1. The monoisotopic (exact) mass is 440 g/mol. The highest BCUT2D eigenvalue weighted by molar-refractivity contribution is 6.35. The van der Waals surface area contributed by atoms with Gasteiger partial charge in [0.05, 0.1) is 22.0 Å². The second-order valence-electron chi connectivity index (χ2n) is 7.62. The van der Waals surface area contributed by atoms with E-state index in [0.29, 0.717) is 53.5 Å². The quantitative estimate of drug-likeness (QED) is 0.484. The topological polar surface area (TPSA) is 149 Å². The van der Waals surface area contributed by atoms with Gasteiger partial charge in [-0.05, 0) is 37.4 Å². The maximum absolute atomic E-state index is 13.4. The number of nitrogen functional groups attached to an aromatic ring is 1. The van der Waals surface area contributed by atoms with Gasteiger partial charge < -0.3 is 16.8 Å². The Morgan fingerprint density at radius 3 is 2.77 bits per heavy atom. The van der Waals surface area contributed by atoms with Gasteiger partial charge in [0.1, 0.15) is 35.4 Å². The number of rotatable bonds is 8. The van der Waals surface area contributed by atoms with Gasteiger partial charge in [-0.25, -0.2) is 15.0 Å². The summed E-state index contributed by atoms with van der Waals surface area (Å²) < 4.78 is 1.61. The molecule has 162 valence electrons. The lowest BCUT2D eigenvalue weighted by atomic mass is 10.0. The van der Waals surface area contributed by atoms with Crippen LogP contribution in [0.4, 0.5) is 11.6 Å². The van der Waals surface area contributed by atoms with Gasteiger partial charge >= 0.3 is 0 Å². The Kier molecular flexibility index (Phi) is 7.05. The molecular formula is C21H25ClN8O. The van der Waals surface area contributed by atoms with E-state index >= 15 is 0 Å². The van der Waals surface area contributed by atoms with Crippen molar-refractivity contribution >= 4 is 34.1 Å². The van der Waals surface area contributed by atoms with Crippen LogP contribution in [0.25, 0.3) is 10.9 Å². The third-order valence-corrected chi connectivity index (χ3v) is 5.18. The van der Waals surface area contributed by atoms with Crippen LogP contribution in [0.15, 0.2) is 29.3 Å². The van der Waals surface area contributed by atoms with Crippen LogP contribution < -0.4 is 22.3 Å². The van der Waals surface area contributed by atoms with Gasteiger partial charge in [0.15, 0.2) is 0 Å². The van der Waals surface area contributed by atoms with Crippen molar-refractivity contribution in [3.63, 3.8) is 0 Å². The minimum absolute atomic E-state index is 0.0853. The summed E-state index contributed by atoms with van der Waals surface area (Å²) in [4.78, 5) is 26.2.